The maximum Gasteiger partial charge on any atom is 0.280 e. The molecule has 5 aromatic rings. The number of hydrazone groups is 1. The fourth-order valence-electron chi connectivity index (χ4n) is 3.84. The van der Waals surface area contributed by atoms with Crippen LogP contribution in [0.3, 0.4) is 0 Å². The first-order chi connectivity index (χ1) is 18.1. The number of para-hydroxylation sites is 2. The smallest absolute Gasteiger partial charge is 0.280 e. The lowest BCUT2D eigenvalue weighted by molar-refractivity contribution is -0.127. The van der Waals surface area contributed by atoms with E-state index in [1.165, 1.54) is 0 Å². The van der Waals surface area contributed by atoms with Crippen LogP contribution in [0.4, 0.5) is 0 Å². The fourth-order valence-corrected chi connectivity index (χ4v) is 3.84. The molecule has 0 saturated carbocycles. The summed E-state index contributed by atoms with van der Waals surface area (Å²) in [7, 11) is 1.63. The van der Waals surface area contributed by atoms with Crippen LogP contribution in [0.2, 0.25) is 0 Å². The minimum Gasteiger partial charge on any atom is -0.497 e. The van der Waals surface area contributed by atoms with E-state index in [0.29, 0.717) is 11.3 Å². The normalized spacial score (nSPS) is 11.9. The van der Waals surface area contributed by atoms with Crippen molar-refractivity contribution in [3.63, 3.8) is 0 Å². The average Bonchev–Trinajstić information content (AvgIpc) is 3.38. The first kappa shape index (κ1) is 23.7. The highest BCUT2D eigenvalue weighted by Gasteiger charge is 2.16. The molecular formula is C29H25N5O3. The van der Waals surface area contributed by atoms with E-state index in [1.807, 2.05) is 85.1 Å². The lowest BCUT2D eigenvalue weighted by Gasteiger charge is -2.14. The van der Waals surface area contributed by atoms with E-state index in [9.17, 15) is 4.79 Å². The molecule has 0 saturated heterocycles. The van der Waals surface area contributed by atoms with Gasteiger partial charge in [0.1, 0.15) is 22.7 Å². The van der Waals surface area contributed by atoms with Crippen LogP contribution in [0.25, 0.3) is 27.8 Å². The average molecular weight is 492 g/mol. The molecule has 0 fully saturated rings. The molecule has 0 spiro atoms. The number of carbonyl (C=O) groups is 1. The molecule has 1 atom stereocenters. The van der Waals surface area contributed by atoms with Crippen molar-refractivity contribution in [3.05, 3.63) is 103 Å². The quantitative estimate of drug-likeness (QED) is 0.243. The monoisotopic (exact) mass is 491 g/mol. The molecule has 2 aromatic heterocycles. The number of aromatic nitrogens is 3. The summed E-state index contributed by atoms with van der Waals surface area (Å²) < 4.78 is 12.9. The van der Waals surface area contributed by atoms with Gasteiger partial charge < -0.3 is 9.47 Å². The van der Waals surface area contributed by atoms with Crippen molar-refractivity contribution < 1.29 is 14.3 Å². The van der Waals surface area contributed by atoms with Gasteiger partial charge >= 0.3 is 0 Å². The summed E-state index contributed by atoms with van der Waals surface area (Å²) >= 11 is 0. The van der Waals surface area contributed by atoms with E-state index in [-0.39, 0.29) is 5.91 Å². The highest BCUT2D eigenvalue weighted by Crippen LogP contribution is 2.26. The van der Waals surface area contributed by atoms with Crippen molar-refractivity contribution in [1.82, 2.24) is 20.2 Å². The number of hydrogen-bond donors (Lipinski definition) is 1. The number of benzene rings is 3. The molecule has 37 heavy (non-hydrogen) atoms. The van der Waals surface area contributed by atoms with Crippen LogP contribution in [-0.4, -0.2) is 40.1 Å². The van der Waals surface area contributed by atoms with Crippen molar-refractivity contribution in [3.8, 4) is 28.4 Å². The van der Waals surface area contributed by atoms with Crippen LogP contribution >= 0.6 is 0 Å². The van der Waals surface area contributed by atoms with Gasteiger partial charge in [0.05, 0.1) is 19.0 Å². The molecule has 8 nitrogen and oxygen atoms in total. The third-order valence-corrected chi connectivity index (χ3v) is 5.77. The van der Waals surface area contributed by atoms with E-state index >= 15 is 0 Å². The van der Waals surface area contributed by atoms with Gasteiger partial charge in [0, 0.05) is 28.9 Å². The largest absolute Gasteiger partial charge is 0.497 e. The summed E-state index contributed by atoms with van der Waals surface area (Å²) in [6.07, 6.45) is 4.36. The van der Waals surface area contributed by atoms with E-state index in [0.717, 1.165) is 33.6 Å². The van der Waals surface area contributed by atoms with Crippen LogP contribution in [0, 0.1) is 0 Å². The summed E-state index contributed by atoms with van der Waals surface area (Å²) in [5, 5.41) is 9.90. The molecule has 0 aliphatic rings. The molecule has 5 rings (SSSR count). The Labute approximate surface area is 214 Å². The summed E-state index contributed by atoms with van der Waals surface area (Å²) in [5.41, 5.74) is 6.53. The Bertz CT molecular complexity index is 1540. The Balaban J connectivity index is 1.35. The van der Waals surface area contributed by atoms with E-state index in [2.05, 4.69) is 15.5 Å². The first-order valence-electron chi connectivity index (χ1n) is 11.8. The maximum absolute atomic E-state index is 12.7. The van der Waals surface area contributed by atoms with Gasteiger partial charge in [-0.15, -0.1) is 0 Å². The summed E-state index contributed by atoms with van der Waals surface area (Å²) in [4.78, 5) is 17.1. The molecule has 184 valence electrons. The molecule has 8 heteroatoms. The zero-order valence-corrected chi connectivity index (χ0v) is 20.4. The van der Waals surface area contributed by atoms with E-state index < -0.39 is 6.10 Å². The van der Waals surface area contributed by atoms with Crippen molar-refractivity contribution in [1.29, 1.82) is 0 Å². The van der Waals surface area contributed by atoms with E-state index in [4.69, 9.17) is 14.6 Å². The number of nitrogens with one attached hydrogen (secondary N) is 1. The van der Waals surface area contributed by atoms with Gasteiger partial charge in [-0.1, -0.05) is 36.4 Å². The van der Waals surface area contributed by atoms with Crippen LogP contribution in [0.15, 0.2) is 102 Å². The summed E-state index contributed by atoms with van der Waals surface area (Å²) in [6.45, 7) is 1.67. The van der Waals surface area contributed by atoms with Crippen molar-refractivity contribution in [2.24, 2.45) is 5.10 Å². The second kappa shape index (κ2) is 10.7. The Morgan fingerprint density at radius 2 is 1.78 bits per heavy atom. The van der Waals surface area contributed by atoms with Crippen LogP contribution < -0.4 is 14.9 Å². The Morgan fingerprint density at radius 1 is 1.00 bits per heavy atom. The third kappa shape index (κ3) is 5.33. The van der Waals surface area contributed by atoms with E-state index in [1.54, 1.807) is 37.2 Å². The Hall–Kier alpha value is -4.98. The van der Waals surface area contributed by atoms with Crippen LogP contribution in [0.1, 0.15) is 12.5 Å². The number of hydrogen-bond acceptors (Lipinski definition) is 6. The molecule has 0 aliphatic heterocycles. The molecule has 0 aliphatic carbocycles. The Morgan fingerprint density at radius 3 is 2.57 bits per heavy atom. The van der Waals surface area contributed by atoms with Gasteiger partial charge in [-0.05, 0) is 55.5 Å². The number of amides is 1. The zero-order chi connectivity index (χ0) is 25.6. The van der Waals surface area contributed by atoms with Crippen molar-refractivity contribution in [2.45, 2.75) is 13.0 Å². The standard InChI is InChI=1S/C29H25N5O3/c1-20(37-26-12-6-8-21-9-7-17-30-28(21)26)29(35)32-31-18-23-19-34(24-10-4-3-5-11-24)33-27(23)22-13-15-25(36-2)16-14-22/h3-20H,1-2H3,(H,32,35)/b31-18+. The topological polar surface area (TPSA) is 90.6 Å². The van der Waals surface area contributed by atoms with Crippen LogP contribution in [-0.2, 0) is 4.79 Å². The van der Waals surface area contributed by atoms with Gasteiger partial charge in [0.15, 0.2) is 6.10 Å². The molecule has 1 unspecified atom stereocenters. The number of rotatable bonds is 8. The third-order valence-electron chi connectivity index (χ3n) is 5.77. The molecule has 0 radical (unpaired) electrons. The molecular weight excluding hydrogens is 466 g/mol. The minimum absolute atomic E-state index is 0.384. The highest BCUT2D eigenvalue weighted by molar-refractivity contribution is 5.90. The molecule has 1 N–H and O–H groups in total. The van der Waals surface area contributed by atoms with Gasteiger partial charge in [-0.25, -0.2) is 10.1 Å². The van der Waals surface area contributed by atoms with Crippen molar-refractivity contribution >= 4 is 23.0 Å². The predicted octanol–water partition coefficient (Wildman–Crippen LogP) is 5.01. The highest BCUT2D eigenvalue weighted by atomic mass is 16.5. The lowest BCUT2D eigenvalue weighted by atomic mass is 10.1. The number of carbonyl (C=O) groups excluding carboxylic acids is 1. The lowest BCUT2D eigenvalue weighted by Crippen LogP contribution is -2.33. The minimum atomic E-state index is -0.780. The fraction of sp³-hybridized carbons (Fsp3) is 0.103. The number of pyridine rings is 1. The van der Waals surface area contributed by atoms with Gasteiger partial charge in [0.2, 0.25) is 0 Å². The molecule has 0 bridgehead atoms. The number of methoxy groups -OCH3 is 1. The van der Waals surface area contributed by atoms with Gasteiger partial charge in [-0.3, -0.25) is 9.78 Å². The predicted molar refractivity (Wildman–Crippen MR) is 143 cm³/mol. The first-order valence-corrected chi connectivity index (χ1v) is 11.8. The molecule has 2 heterocycles. The van der Waals surface area contributed by atoms with Gasteiger partial charge in [0.25, 0.3) is 5.91 Å². The SMILES string of the molecule is COc1ccc(-c2nn(-c3ccccc3)cc2/C=N/NC(=O)C(C)Oc2cccc3cccnc23)cc1. The zero-order valence-electron chi connectivity index (χ0n) is 20.4. The summed E-state index contributed by atoms with van der Waals surface area (Å²) in [5.74, 6) is 0.908. The molecule has 3 aromatic carbocycles. The van der Waals surface area contributed by atoms with Crippen molar-refractivity contribution in [2.75, 3.05) is 7.11 Å². The summed E-state index contributed by atoms with van der Waals surface area (Å²) in [6, 6.07) is 26.8. The maximum atomic E-state index is 12.7. The van der Waals surface area contributed by atoms with Crippen LogP contribution in [0.5, 0.6) is 11.5 Å². The number of ether oxygens (including phenoxy) is 2. The second-order valence-corrected chi connectivity index (χ2v) is 8.27. The van der Waals surface area contributed by atoms with Gasteiger partial charge in [-0.2, -0.15) is 10.2 Å². The number of fused-ring (bicyclic) bond motifs is 1. The number of nitrogens with zero attached hydrogens (tertiary/aromatic N) is 4. The molecule has 1 amide bonds. The second-order valence-electron chi connectivity index (χ2n) is 8.27. The Kier molecular flexibility index (Phi) is 6.89.